The van der Waals surface area contributed by atoms with Crippen molar-refractivity contribution in [2.45, 2.75) is 32.4 Å². The topological polar surface area (TPSA) is 84.6 Å². The third kappa shape index (κ3) is 3.68. The molecule has 0 radical (unpaired) electrons. The molecule has 2 atom stereocenters. The number of nitrogens with one attached hydrogen (secondary N) is 1. The monoisotopic (exact) mass is 266 g/mol. The number of aryl methyl sites for hydroxylation is 2. The number of rotatable bonds is 6. The highest BCUT2D eigenvalue weighted by atomic mass is 16.5. The second-order valence-electron chi connectivity index (χ2n) is 4.73. The molecular formula is C14H22N2O3. The Balaban J connectivity index is 3.13. The molecule has 0 aliphatic carbocycles. The van der Waals surface area contributed by atoms with Gasteiger partial charge in [0, 0.05) is 11.6 Å². The number of hydrogen-bond acceptors (Lipinski definition) is 4. The van der Waals surface area contributed by atoms with Gasteiger partial charge in [0.15, 0.2) is 0 Å². The van der Waals surface area contributed by atoms with E-state index < -0.39 is 12.0 Å². The van der Waals surface area contributed by atoms with Gasteiger partial charge in [0.05, 0.1) is 7.11 Å². The molecule has 0 saturated carbocycles. The lowest BCUT2D eigenvalue weighted by molar-refractivity contribution is -0.138. The van der Waals surface area contributed by atoms with Crippen molar-refractivity contribution in [3.63, 3.8) is 0 Å². The number of nitrogens with two attached hydrogens (primary N) is 1. The number of ether oxygens (including phenoxy) is 1. The Morgan fingerprint density at radius 1 is 1.47 bits per heavy atom. The van der Waals surface area contributed by atoms with Crippen molar-refractivity contribution < 1.29 is 14.6 Å². The first-order chi connectivity index (χ1) is 8.90. The van der Waals surface area contributed by atoms with Crippen LogP contribution < -0.4 is 15.8 Å². The summed E-state index contributed by atoms with van der Waals surface area (Å²) >= 11 is 0. The van der Waals surface area contributed by atoms with Crippen LogP contribution in [0.4, 0.5) is 0 Å². The van der Waals surface area contributed by atoms with Crippen molar-refractivity contribution in [1.82, 2.24) is 5.32 Å². The van der Waals surface area contributed by atoms with Gasteiger partial charge in [-0.05, 0) is 32.9 Å². The molecule has 5 heteroatoms. The summed E-state index contributed by atoms with van der Waals surface area (Å²) in [5.41, 5.74) is 8.70. The number of carbonyl (C=O) groups is 1. The van der Waals surface area contributed by atoms with E-state index in [1.165, 1.54) is 0 Å². The Morgan fingerprint density at radius 3 is 2.58 bits per heavy atom. The zero-order valence-corrected chi connectivity index (χ0v) is 11.9. The minimum Gasteiger partial charge on any atom is -0.496 e. The molecule has 4 N–H and O–H groups in total. The first kappa shape index (κ1) is 15.5. The van der Waals surface area contributed by atoms with Crippen molar-refractivity contribution in [2.75, 3.05) is 14.2 Å². The van der Waals surface area contributed by atoms with Crippen LogP contribution in [0.1, 0.15) is 29.2 Å². The standard InChI is InChI=1S/C14H22N2O3/c1-8-5-9(2)13(19-4)10(6-8)12(16-3)7-11(15)14(17)18/h5-6,11-12,16H,7,15H2,1-4H3,(H,17,18). The third-order valence-electron chi connectivity index (χ3n) is 3.18. The van der Waals surface area contributed by atoms with Gasteiger partial charge < -0.3 is 20.9 Å². The van der Waals surface area contributed by atoms with Crippen molar-refractivity contribution in [2.24, 2.45) is 5.73 Å². The van der Waals surface area contributed by atoms with Crippen LogP contribution in [0.3, 0.4) is 0 Å². The SMILES string of the molecule is CNC(CC(N)C(=O)O)c1cc(C)cc(C)c1OC. The molecule has 1 rings (SSSR count). The van der Waals surface area contributed by atoms with Crippen LogP contribution in [0.2, 0.25) is 0 Å². The maximum atomic E-state index is 10.9. The normalized spacial score (nSPS) is 13.9. The number of methoxy groups -OCH3 is 1. The lowest BCUT2D eigenvalue weighted by Crippen LogP contribution is -2.35. The number of aliphatic carboxylic acids is 1. The molecule has 5 nitrogen and oxygen atoms in total. The Hall–Kier alpha value is -1.59. The summed E-state index contributed by atoms with van der Waals surface area (Å²) in [5.74, 6) is -0.217. The van der Waals surface area contributed by atoms with Gasteiger partial charge in [-0.25, -0.2) is 0 Å². The molecular weight excluding hydrogens is 244 g/mol. The van der Waals surface area contributed by atoms with E-state index in [1.807, 2.05) is 26.0 Å². The summed E-state index contributed by atoms with van der Waals surface area (Å²) in [4.78, 5) is 10.9. The van der Waals surface area contributed by atoms with Crippen molar-refractivity contribution in [3.8, 4) is 5.75 Å². The van der Waals surface area contributed by atoms with Gasteiger partial charge in [0.25, 0.3) is 0 Å². The van der Waals surface area contributed by atoms with E-state index in [1.54, 1.807) is 14.2 Å². The van der Waals surface area contributed by atoms with E-state index in [-0.39, 0.29) is 6.04 Å². The summed E-state index contributed by atoms with van der Waals surface area (Å²) in [6.07, 6.45) is 0.311. The highest BCUT2D eigenvalue weighted by Gasteiger charge is 2.22. The van der Waals surface area contributed by atoms with Gasteiger partial charge in [0.2, 0.25) is 0 Å². The quantitative estimate of drug-likeness (QED) is 0.724. The second kappa shape index (κ2) is 6.54. The van der Waals surface area contributed by atoms with Crippen LogP contribution in [0, 0.1) is 13.8 Å². The number of carboxylic acid groups (broad SMARTS) is 1. The predicted octanol–water partition coefficient (Wildman–Crippen LogP) is 1.37. The van der Waals surface area contributed by atoms with E-state index in [4.69, 9.17) is 15.6 Å². The fourth-order valence-electron chi connectivity index (χ4n) is 2.28. The zero-order valence-electron chi connectivity index (χ0n) is 11.9. The molecule has 0 heterocycles. The molecule has 0 aromatic heterocycles. The van der Waals surface area contributed by atoms with Crippen LogP contribution in [0.15, 0.2) is 12.1 Å². The zero-order chi connectivity index (χ0) is 14.6. The molecule has 19 heavy (non-hydrogen) atoms. The van der Waals surface area contributed by atoms with E-state index in [9.17, 15) is 4.79 Å². The smallest absolute Gasteiger partial charge is 0.320 e. The lowest BCUT2D eigenvalue weighted by Gasteiger charge is -2.22. The fourth-order valence-corrected chi connectivity index (χ4v) is 2.28. The van der Waals surface area contributed by atoms with Crippen LogP contribution >= 0.6 is 0 Å². The molecule has 0 aliphatic rings. The van der Waals surface area contributed by atoms with Crippen LogP contribution in [0.5, 0.6) is 5.75 Å². The first-order valence-corrected chi connectivity index (χ1v) is 6.21. The van der Waals surface area contributed by atoms with Crippen molar-refractivity contribution in [1.29, 1.82) is 0 Å². The fraction of sp³-hybridized carbons (Fsp3) is 0.500. The minimum atomic E-state index is -0.997. The van der Waals surface area contributed by atoms with Gasteiger partial charge in [-0.1, -0.05) is 17.7 Å². The third-order valence-corrected chi connectivity index (χ3v) is 3.18. The second-order valence-corrected chi connectivity index (χ2v) is 4.73. The molecule has 0 spiro atoms. The van der Waals surface area contributed by atoms with Gasteiger partial charge in [-0.2, -0.15) is 0 Å². The summed E-state index contributed by atoms with van der Waals surface area (Å²) in [7, 11) is 3.40. The predicted molar refractivity (Wildman–Crippen MR) is 74.5 cm³/mol. The van der Waals surface area contributed by atoms with E-state index in [2.05, 4.69) is 5.32 Å². The highest BCUT2D eigenvalue weighted by Crippen LogP contribution is 2.32. The number of benzene rings is 1. The largest absolute Gasteiger partial charge is 0.496 e. The summed E-state index contributed by atoms with van der Waals surface area (Å²) in [5, 5.41) is 12.0. The average molecular weight is 266 g/mol. The highest BCUT2D eigenvalue weighted by molar-refractivity contribution is 5.73. The van der Waals surface area contributed by atoms with Crippen molar-refractivity contribution >= 4 is 5.97 Å². The number of carboxylic acids is 1. The number of hydrogen-bond donors (Lipinski definition) is 3. The lowest BCUT2D eigenvalue weighted by atomic mass is 9.95. The van der Waals surface area contributed by atoms with Gasteiger partial charge >= 0.3 is 5.97 Å². The molecule has 0 aliphatic heterocycles. The molecule has 1 aromatic carbocycles. The molecule has 106 valence electrons. The maximum absolute atomic E-state index is 10.9. The molecule has 2 unspecified atom stereocenters. The van der Waals surface area contributed by atoms with E-state index in [0.717, 1.165) is 22.4 Å². The molecule has 0 fully saturated rings. The molecule has 0 saturated heterocycles. The Labute approximate surface area is 113 Å². The Bertz CT molecular complexity index is 460. The Morgan fingerprint density at radius 2 is 2.11 bits per heavy atom. The minimum absolute atomic E-state index is 0.153. The van der Waals surface area contributed by atoms with Crippen LogP contribution in [0.25, 0.3) is 0 Å². The van der Waals surface area contributed by atoms with Gasteiger partial charge in [-0.15, -0.1) is 0 Å². The first-order valence-electron chi connectivity index (χ1n) is 6.21. The Kier molecular flexibility index (Phi) is 5.32. The van der Waals surface area contributed by atoms with E-state index in [0.29, 0.717) is 6.42 Å². The summed E-state index contributed by atoms with van der Waals surface area (Å²) in [6, 6.07) is 2.98. The average Bonchev–Trinajstić information content (AvgIpc) is 2.34. The van der Waals surface area contributed by atoms with Crippen molar-refractivity contribution in [3.05, 3.63) is 28.8 Å². The molecule has 1 aromatic rings. The molecule has 0 bridgehead atoms. The summed E-state index contributed by atoms with van der Waals surface area (Å²) < 4.78 is 5.43. The molecule has 0 amide bonds. The van der Waals surface area contributed by atoms with Crippen LogP contribution in [-0.4, -0.2) is 31.3 Å². The van der Waals surface area contributed by atoms with Gasteiger partial charge in [-0.3, -0.25) is 4.79 Å². The summed E-state index contributed by atoms with van der Waals surface area (Å²) in [6.45, 7) is 3.97. The maximum Gasteiger partial charge on any atom is 0.320 e. The van der Waals surface area contributed by atoms with Crippen LogP contribution in [-0.2, 0) is 4.79 Å². The van der Waals surface area contributed by atoms with Gasteiger partial charge in [0.1, 0.15) is 11.8 Å². The van der Waals surface area contributed by atoms with E-state index >= 15 is 0 Å².